The van der Waals surface area contributed by atoms with Crippen molar-refractivity contribution in [2.45, 2.75) is 12.3 Å². The fourth-order valence-electron chi connectivity index (χ4n) is 2.60. The molecule has 1 fully saturated rings. The third kappa shape index (κ3) is 5.09. The Balaban J connectivity index is 1.46. The van der Waals surface area contributed by atoms with Crippen LogP contribution in [0.3, 0.4) is 0 Å². The predicted molar refractivity (Wildman–Crippen MR) is 107 cm³/mol. The van der Waals surface area contributed by atoms with Gasteiger partial charge < -0.3 is 15.5 Å². The summed E-state index contributed by atoms with van der Waals surface area (Å²) in [6, 6.07) is 7.29. The molecule has 1 aromatic heterocycles. The molecule has 10 heteroatoms. The third-order valence-corrected chi connectivity index (χ3v) is 5.85. The van der Waals surface area contributed by atoms with Crippen molar-refractivity contribution in [1.82, 2.24) is 24.8 Å². The van der Waals surface area contributed by atoms with Gasteiger partial charge in [-0.25, -0.2) is 9.48 Å². The molecule has 2 amide bonds. The second-order valence-electron chi connectivity index (χ2n) is 5.90. The van der Waals surface area contributed by atoms with Gasteiger partial charge in [-0.1, -0.05) is 52.9 Å². The molecule has 1 saturated heterocycles. The number of nitrogens with zero attached hydrogens (tertiary/aromatic N) is 5. The number of carbonyl (C=O) groups excluding carboxylic acids is 1. The molecule has 0 aliphatic carbocycles. The van der Waals surface area contributed by atoms with Gasteiger partial charge in [-0.05, 0) is 17.7 Å². The number of aromatic nitrogens is 3. The average molecular weight is 411 g/mol. The molecular formula is C16H19ClN6OS2. The van der Waals surface area contributed by atoms with E-state index >= 15 is 0 Å². The normalized spacial score (nSPS) is 14.5. The maximum atomic E-state index is 11.2. The molecule has 7 nitrogen and oxygen atoms in total. The molecule has 2 N–H and O–H groups in total. The fraction of sp³-hybridized carbons (Fsp3) is 0.375. The second-order valence-corrected chi connectivity index (χ2v) is 7.95. The van der Waals surface area contributed by atoms with E-state index < -0.39 is 0 Å². The number of hydrogen-bond acceptors (Lipinski definition) is 5. The van der Waals surface area contributed by atoms with Gasteiger partial charge in [0.05, 0.1) is 12.2 Å². The zero-order valence-electron chi connectivity index (χ0n) is 14.0. The predicted octanol–water partition coefficient (Wildman–Crippen LogP) is 2.19. The van der Waals surface area contributed by atoms with Crippen LogP contribution in [0.15, 0.2) is 30.5 Å². The minimum absolute atomic E-state index is 0.375. The molecule has 0 saturated carbocycles. The molecule has 0 atom stereocenters. The Bertz CT molecular complexity index is 773. The number of rotatable bonds is 4. The molecular weight excluding hydrogens is 392 g/mol. The third-order valence-electron chi connectivity index (χ3n) is 4.04. The number of carbonyl (C=O) groups is 1. The standard InChI is InChI=1S/C16H19ClN6OS2/c17-13-3-1-12(2-4-13)9-23-10-14(19-20-23)11-26-16(25)22-7-5-21(6-8-22)15(18)24/h1-4,10H,5-9,11H2,(H2,18,24). The Morgan fingerprint density at radius 1 is 1.19 bits per heavy atom. The van der Waals surface area contributed by atoms with Crippen LogP contribution in [-0.4, -0.2) is 61.3 Å². The van der Waals surface area contributed by atoms with Crippen LogP contribution in [-0.2, 0) is 12.3 Å². The summed E-state index contributed by atoms with van der Waals surface area (Å²) in [6.45, 7) is 3.27. The van der Waals surface area contributed by atoms with Crippen LogP contribution in [0.25, 0.3) is 0 Å². The summed E-state index contributed by atoms with van der Waals surface area (Å²) in [5, 5.41) is 9.08. The fourth-order valence-corrected chi connectivity index (χ4v) is 3.85. The topological polar surface area (TPSA) is 80.3 Å². The van der Waals surface area contributed by atoms with E-state index in [9.17, 15) is 4.79 Å². The molecule has 2 aromatic rings. The van der Waals surface area contributed by atoms with Crippen molar-refractivity contribution in [3.8, 4) is 0 Å². The van der Waals surface area contributed by atoms with Crippen molar-refractivity contribution in [3.63, 3.8) is 0 Å². The second kappa shape index (κ2) is 8.70. The molecule has 1 aromatic carbocycles. The molecule has 26 heavy (non-hydrogen) atoms. The summed E-state index contributed by atoms with van der Waals surface area (Å²) in [7, 11) is 0. The lowest BCUT2D eigenvalue weighted by atomic mass is 10.2. The molecule has 2 heterocycles. The van der Waals surface area contributed by atoms with Crippen LogP contribution >= 0.6 is 35.6 Å². The Hall–Kier alpha value is -1.84. The Morgan fingerprint density at radius 3 is 2.50 bits per heavy atom. The van der Waals surface area contributed by atoms with E-state index in [1.54, 1.807) is 21.3 Å². The molecule has 0 bridgehead atoms. The SMILES string of the molecule is NC(=O)N1CCN(C(=S)SCc2cn(Cc3ccc(Cl)cc3)nn2)CC1. The number of primary amides is 1. The van der Waals surface area contributed by atoms with E-state index in [-0.39, 0.29) is 6.03 Å². The van der Waals surface area contributed by atoms with Crippen LogP contribution < -0.4 is 5.73 Å². The molecule has 3 rings (SSSR count). The van der Waals surface area contributed by atoms with Gasteiger partial charge >= 0.3 is 6.03 Å². The summed E-state index contributed by atoms with van der Waals surface area (Å²) in [5.74, 6) is 0.662. The van der Waals surface area contributed by atoms with Gasteiger partial charge in [0.15, 0.2) is 0 Å². The lowest BCUT2D eigenvalue weighted by molar-refractivity contribution is 0.179. The van der Waals surface area contributed by atoms with Gasteiger partial charge in [0.2, 0.25) is 0 Å². The minimum atomic E-state index is -0.375. The summed E-state index contributed by atoms with van der Waals surface area (Å²) in [6.07, 6.45) is 1.93. The number of benzene rings is 1. The smallest absolute Gasteiger partial charge is 0.314 e. The largest absolute Gasteiger partial charge is 0.354 e. The van der Waals surface area contributed by atoms with Gasteiger partial charge in [-0.15, -0.1) is 5.10 Å². The molecule has 1 aliphatic rings. The molecule has 1 aliphatic heterocycles. The zero-order valence-corrected chi connectivity index (χ0v) is 16.4. The summed E-state index contributed by atoms with van der Waals surface area (Å²) in [4.78, 5) is 14.9. The monoisotopic (exact) mass is 410 g/mol. The van der Waals surface area contributed by atoms with Gasteiger partial charge in [0.1, 0.15) is 4.32 Å². The first-order chi connectivity index (χ1) is 12.5. The number of hydrogen-bond donors (Lipinski definition) is 1. The summed E-state index contributed by atoms with van der Waals surface area (Å²) in [5.41, 5.74) is 7.28. The van der Waals surface area contributed by atoms with Crippen LogP contribution in [0.5, 0.6) is 0 Å². The Labute approximate surface area is 166 Å². The van der Waals surface area contributed by atoms with E-state index in [1.807, 2.05) is 30.5 Å². The Morgan fingerprint density at radius 2 is 1.85 bits per heavy atom. The van der Waals surface area contributed by atoms with Crippen LogP contribution in [0.2, 0.25) is 5.02 Å². The number of urea groups is 1. The highest BCUT2D eigenvalue weighted by molar-refractivity contribution is 8.22. The maximum Gasteiger partial charge on any atom is 0.314 e. The molecule has 0 radical (unpaired) electrons. The highest BCUT2D eigenvalue weighted by Crippen LogP contribution is 2.17. The van der Waals surface area contributed by atoms with E-state index in [1.165, 1.54) is 0 Å². The van der Waals surface area contributed by atoms with Crippen LogP contribution in [0.1, 0.15) is 11.3 Å². The van der Waals surface area contributed by atoms with Gasteiger partial charge in [0.25, 0.3) is 0 Å². The molecule has 0 unspecified atom stereocenters. The number of halogens is 1. The van der Waals surface area contributed by atoms with Crippen molar-refractivity contribution < 1.29 is 4.79 Å². The van der Waals surface area contributed by atoms with Gasteiger partial charge in [0, 0.05) is 43.2 Å². The molecule has 0 spiro atoms. The average Bonchev–Trinajstić information content (AvgIpc) is 3.09. The number of thiocarbonyl (C=S) groups is 1. The Kier molecular flexibility index (Phi) is 6.33. The molecule has 138 valence electrons. The number of nitrogens with two attached hydrogens (primary N) is 1. The highest BCUT2D eigenvalue weighted by Gasteiger charge is 2.21. The van der Waals surface area contributed by atoms with Crippen molar-refractivity contribution in [2.75, 3.05) is 26.2 Å². The number of piperazine rings is 1. The quantitative estimate of drug-likeness (QED) is 0.778. The maximum absolute atomic E-state index is 11.2. The highest BCUT2D eigenvalue weighted by atomic mass is 35.5. The van der Waals surface area contributed by atoms with Crippen LogP contribution in [0.4, 0.5) is 4.79 Å². The number of amides is 2. The van der Waals surface area contributed by atoms with Crippen molar-refractivity contribution in [2.24, 2.45) is 5.73 Å². The summed E-state index contributed by atoms with van der Waals surface area (Å²) < 4.78 is 2.61. The van der Waals surface area contributed by atoms with E-state index in [0.717, 1.165) is 20.6 Å². The zero-order chi connectivity index (χ0) is 18.5. The van der Waals surface area contributed by atoms with Crippen molar-refractivity contribution in [1.29, 1.82) is 0 Å². The first-order valence-corrected chi connectivity index (χ1v) is 9.88. The van der Waals surface area contributed by atoms with Crippen molar-refractivity contribution >= 4 is 45.9 Å². The first-order valence-electron chi connectivity index (χ1n) is 8.11. The number of thioether (sulfide) groups is 1. The van der Waals surface area contributed by atoms with E-state index in [2.05, 4.69) is 15.2 Å². The van der Waals surface area contributed by atoms with Crippen molar-refractivity contribution in [3.05, 3.63) is 46.7 Å². The summed E-state index contributed by atoms with van der Waals surface area (Å²) >= 11 is 12.9. The lowest BCUT2D eigenvalue weighted by Crippen LogP contribution is -2.51. The first kappa shape index (κ1) is 18.9. The minimum Gasteiger partial charge on any atom is -0.354 e. The van der Waals surface area contributed by atoms with E-state index in [4.69, 9.17) is 29.6 Å². The van der Waals surface area contributed by atoms with Crippen LogP contribution in [0, 0.1) is 0 Å². The lowest BCUT2D eigenvalue weighted by Gasteiger charge is -2.34. The van der Waals surface area contributed by atoms with E-state index in [0.29, 0.717) is 38.5 Å². The van der Waals surface area contributed by atoms with Gasteiger partial charge in [-0.2, -0.15) is 0 Å². The van der Waals surface area contributed by atoms with Gasteiger partial charge in [-0.3, -0.25) is 0 Å².